The van der Waals surface area contributed by atoms with Crippen LogP contribution in [0.1, 0.15) is 73.3 Å². The van der Waals surface area contributed by atoms with Crippen molar-refractivity contribution in [3.63, 3.8) is 0 Å². The minimum atomic E-state index is -3.00. The number of fused-ring (bicyclic) bond motifs is 2. The number of nitrogens with zero attached hydrogens (tertiary/aromatic N) is 5. The lowest BCUT2D eigenvalue weighted by Crippen LogP contribution is -2.46. The number of rotatable bonds is 10. The first-order chi connectivity index (χ1) is 25.5. The number of hydrogen-bond donors (Lipinski definition) is 1. The number of likely N-dealkylation sites (tertiary alicyclic amines) is 1. The van der Waals surface area contributed by atoms with Crippen molar-refractivity contribution in [1.82, 2.24) is 19.9 Å². The van der Waals surface area contributed by atoms with Gasteiger partial charge in [-0.05, 0) is 60.0 Å². The Bertz CT molecular complexity index is 2150. The van der Waals surface area contributed by atoms with Crippen LogP contribution in [0.2, 0.25) is 16.6 Å². The van der Waals surface area contributed by atoms with Crippen LogP contribution in [0.3, 0.4) is 0 Å². The van der Waals surface area contributed by atoms with Gasteiger partial charge in [-0.15, -0.1) is 5.54 Å². The lowest BCUT2D eigenvalue weighted by atomic mass is 9.95. The van der Waals surface area contributed by atoms with Gasteiger partial charge >= 0.3 is 6.01 Å². The summed E-state index contributed by atoms with van der Waals surface area (Å²) in [5, 5.41) is 12.0. The van der Waals surface area contributed by atoms with E-state index >= 15 is 8.78 Å². The molecule has 1 aliphatic carbocycles. The molecule has 4 heterocycles. The van der Waals surface area contributed by atoms with Gasteiger partial charge in [-0.1, -0.05) is 53.5 Å². The molecule has 4 aromatic rings. The number of anilines is 1. The fourth-order valence-corrected chi connectivity index (χ4v) is 14.2. The molecule has 0 bridgehead atoms. The fraction of sp³-hybridized carbons (Fsp3) is 0.537. The molecule has 13 heteroatoms. The zero-order valence-electron chi connectivity index (χ0n) is 31.9. The number of phenolic OH excluding ortho intramolecular Hbond substituents is 1. The topological polar surface area (TPSA) is 74.6 Å². The molecule has 288 valence electrons. The summed E-state index contributed by atoms with van der Waals surface area (Å²) in [6, 6.07) is 5.48. The first kappa shape index (κ1) is 38.3. The molecule has 54 heavy (non-hydrogen) atoms. The third kappa shape index (κ3) is 6.46. The molecule has 3 aliphatic rings. The van der Waals surface area contributed by atoms with E-state index in [-0.39, 0.29) is 69.9 Å². The summed E-state index contributed by atoms with van der Waals surface area (Å²) in [6.07, 6.45) is 1.10. The molecule has 0 unspecified atom stereocenters. The summed E-state index contributed by atoms with van der Waals surface area (Å²) in [5.74, 6) is -0.969. The van der Waals surface area contributed by atoms with Gasteiger partial charge in [0.1, 0.15) is 49.4 Å². The molecular weight excluding hydrogens is 718 g/mol. The Hall–Kier alpha value is -4.02. The zero-order valence-corrected chi connectivity index (χ0v) is 32.9. The maximum Gasteiger partial charge on any atom is 0.317 e. The largest absolute Gasteiger partial charge is 0.508 e. The number of aromatic nitrogens is 3. The number of pyridine rings is 1. The van der Waals surface area contributed by atoms with Crippen LogP contribution < -0.4 is 9.64 Å². The Labute approximate surface area is 314 Å². The van der Waals surface area contributed by atoms with Crippen LogP contribution in [0, 0.1) is 28.5 Å². The maximum absolute atomic E-state index is 17.1. The Morgan fingerprint density at radius 3 is 2.30 bits per heavy atom. The van der Waals surface area contributed by atoms with Crippen LogP contribution in [-0.2, 0) is 0 Å². The Morgan fingerprint density at radius 1 is 1.02 bits per heavy atom. The van der Waals surface area contributed by atoms with E-state index in [9.17, 15) is 18.3 Å². The second kappa shape index (κ2) is 13.9. The molecule has 2 saturated heterocycles. The quantitative estimate of drug-likeness (QED) is 0.0980. The second-order valence-electron chi connectivity index (χ2n) is 16.6. The van der Waals surface area contributed by atoms with Crippen molar-refractivity contribution in [2.75, 3.05) is 37.7 Å². The standard InChI is InChI=1S/C41H48F5N5O2Si/c1-23(2)54(24(3)4,25(5)6)15-12-30-33(43)9-8-27-16-29(52)17-31(34(27)30)36-35(44)37-32(38(48-36)51-14-10-26(51)7)18-47-39(49-37)53-22-40(20-41(40,45)46)21-50-13-11-28(42)19-50/h8-9,16-18,23-26,28,52H,10-11,13-14,19-22H2,1-7H3/t26-,28-,40+/m0/s1. The van der Waals surface area contributed by atoms with Gasteiger partial charge in [0.25, 0.3) is 5.92 Å². The minimum Gasteiger partial charge on any atom is -0.508 e. The van der Waals surface area contributed by atoms with E-state index in [4.69, 9.17) is 9.72 Å². The van der Waals surface area contributed by atoms with E-state index in [0.29, 0.717) is 41.5 Å². The summed E-state index contributed by atoms with van der Waals surface area (Å²) >= 11 is 0. The van der Waals surface area contributed by atoms with Gasteiger partial charge in [0, 0.05) is 55.8 Å². The minimum absolute atomic E-state index is 0.0328. The van der Waals surface area contributed by atoms with Crippen molar-refractivity contribution in [1.29, 1.82) is 0 Å². The number of hydrogen-bond acceptors (Lipinski definition) is 7. The van der Waals surface area contributed by atoms with E-state index in [0.717, 1.165) is 6.42 Å². The molecule has 1 N–H and O–H groups in total. The summed E-state index contributed by atoms with van der Waals surface area (Å²) in [5.41, 5.74) is 2.84. The number of halogens is 5. The summed E-state index contributed by atoms with van der Waals surface area (Å²) < 4.78 is 82.3. The third-order valence-electron chi connectivity index (χ3n) is 12.2. The van der Waals surface area contributed by atoms with Gasteiger partial charge in [0.15, 0.2) is 5.82 Å². The monoisotopic (exact) mass is 765 g/mol. The van der Waals surface area contributed by atoms with Crippen LogP contribution >= 0.6 is 0 Å². The van der Waals surface area contributed by atoms with E-state index < -0.39 is 50.2 Å². The van der Waals surface area contributed by atoms with Crippen molar-refractivity contribution in [2.24, 2.45) is 5.41 Å². The summed E-state index contributed by atoms with van der Waals surface area (Å²) in [6.45, 7) is 15.7. The highest BCUT2D eigenvalue weighted by Gasteiger charge is 2.72. The molecule has 0 spiro atoms. The predicted octanol–water partition coefficient (Wildman–Crippen LogP) is 9.44. The van der Waals surface area contributed by atoms with Crippen LogP contribution in [0.15, 0.2) is 30.5 Å². The van der Waals surface area contributed by atoms with Crippen LogP contribution in [-0.4, -0.2) is 84.0 Å². The molecular formula is C41H48F5N5O2Si. The normalized spacial score (nSPS) is 22.7. The summed E-state index contributed by atoms with van der Waals surface area (Å²) in [7, 11) is -2.32. The maximum atomic E-state index is 17.1. The van der Waals surface area contributed by atoms with Crippen LogP contribution in [0.4, 0.5) is 27.8 Å². The Kier molecular flexibility index (Phi) is 9.87. The van der Waals surface area contributed by atoms with E-state index in [1.165, 1.54) is 30.5 Å². The fourth-order valence-electron chi connectivity index (χ4n) is 8.97. The second-order valence-corrected chi connectivity index (χ2v) is 22.2. The van der Waals surface area contributed by atoms with Gasteiger partial charge < -0.3 is 14.7 Å². The van der Waals surface area contributed by atoms with E-state index in [1.54, 1.807) is 4.90 Å². The van der Waals surface area contributed by atoms with Crippen molar-refractivity contribution in [3.8, 4) is 34.5 Å². The van der Waals surface area contributed by atoms with Gasteiger partial charge in [0.2, 0.25) is 0 Å². The van der Waals surface area contributed by atoms with E-state index in [1.807, 2.05) is 11.8 Å². The molecule has 2 aliphatic heterocycles. The van der Waals surface area contributed by atoms with Gasteiger partial charge in [-0.2, -0.15) is 4.98 Å². The number of phenols is 1. The molecule has 3 fully saturated rings. The highest BCUT2D eigenvalue weighted by molar-refractivity contribution is 6.90. The number of benzene rings is 2. The average Bonchev–Trinajstić information content (AvgIpc) is 3.38. The molecule has 2 aromatic heterocycles. The van der Waals surface area contributed by atoms with Gasteiger partial charge in [-0.3, -0.25) is 4.90 Å². The molecule has 7 nitrogen and oxygen atoms in total. The number of aromatic hydroxyl groups is 1. The Balaban J connectivity index is 1.37. The summed E-state index contributed by atoms with van der Waals surface area (Å²) in [4.78, 5) is 17.2. The van der Waals surface area contributed by atoms with E-state index in [2.05, 4.69) is 63.0 Å². The van der Waals surface area contributed by atoms with Crippen molar-refractivity contribution < 1.29 is 31.8 Å². The van der Waals surface area contributed by atoms with Crippen molar-refractivity contribution in [3.05, 3.63) is 47.7 Å². The molecule has 3 atom stereocenters. The van der Waals surface area contributed by atoms with Gasteiger partial charge in [0.05, 0.1) is 16.4 Å². The highest BCUT2D eigenvalue weighted by atomic mass is 28.3. The van der Waals surface area contributed by atoms with Crippen LogP contribution in [0.5, 0.6) is 11.8 Å². The molecule has 2 aromatic carbocycles. The molecule has 1 saturated carbocycles. The molecule has 0 amide bonds. The SMILES string of the molecule is CC(C)[Si](C#Cc1c(F)ccc2cc(O)cc(-c3nc(N4CC[C@@H]4C)c4cnc(OC[C@]5(CN6CC[C@H](F)C6)CC5(F)F)nc4c3F)c12)(C(C)C)C(C)C. The molecule has 7 rings (SSSR count). The Morgan fingerprint density at radius 2 is 1.72 bits per heavy atom. The smallest absolute Gasteiger partial charge is 0.317 e. The number of alkyl halides is 3. The predicted molar refractivity (Wildman–Crippen MR) is 205 cm³/mol. The highest BCUT2D eigenvalue weighted by Crippen LogP contribution is 2.61. The van der Waals surface area contributed by atoms with Crippen LogP contribution in [0.25, 0.3) is 32.9 Å². The first-order valence-electron chi connectivity index (χ1n) is 19.0. The lowest BCUT2D eigenvalue weighted by molar-refractivity contribution is 0.0246. The number of ether oxygens (including phenoxy) is 1. The third-order valence-corrected chi connectivity index (χ3v) is 18.5. The zero-order chi connectivity index (χ0) is 38.9. The lowest BCUT2D eigenvalue weighted by Gasteiger charge is -2.40. The van der Waals surface area contributed by atoms with Gasteiger partial charge in [-0.25, -0.2) is 31.9 Å². The van der Waals surface area contributed by atoms with Crippen molar-refractivity contribution in [2.45, 2.75) is 102 Å². The first-order valence-corrected chi connectivity index (χ1v) is 21.2. The molecule has 0 radical (unpaired) electrons. The average molecular weight is 766 g/mol. The van der Waals surface area contributed by atoms with Crippen molar-refractivity contribution >= 4 is 35.6 Å².